The fourth-order valence-corrected chi connectivity index (χ4v) is 3.03. The average Bonchev–Trinajstić information content (AvgIpc) is 2.97. The number of nitrogens with two attached hydrogens (primary N) is 1. The highest BCUT2D eigenvalue weighted by molar-refractivity contribution is 7.52. The van der Waals surface area contributed by atoms with Gasteiger partial charge in [0.2, 0.25) is 0 Å². The molecule has 0 heterocycles. The molecule has 4 N–H and O–H groups in total. The molecule has 0 radical (unpaired) electrons. The van der Waals surface area contributed by atoms with Crippen molar-refractivity contribution in [1.29, 1.82) is 0 Å². The van der Waals surface area contributed by atoms with Crippen molar-refractivity contribution in [3.8, 4) is 0 Å². The van der Waals surface area contributed by atoms with Crippen LogP contribution >= 0.6 is 7.60 Å². The summed E-state index contributed by atoms with van der Waals surface area (Å²) < 4.78 is 11.2. The van der Waals surface area contributed by atoms with E-state index in [1.165, 1.54) is 0 Å². The minimum absolute atomic E-state index is 0.500. The van der Waals surface area contributed by atoms with Gasteiger partial charge in [0.1, 0.15) is 5.78 Å². The summed E-state index contributed by atoms with van der Waals surface area (Å²) in [5.74, 6) is -1.08. The van der Waals surface area contributed by atoms with Gasteiger partial charge in [0.15, 0.2) is 0 Å². The van der Waals surface area contributed by atoms with Crippen LogP contribution in [0.5, 0.6) is 0 Å². The summed E-state index contributed by atoms with van der Waals surface area (Å²) in [6.07, 6.45) is 1.51. The zero-order valence-electron chi connectivity index (χ0n) is 8.21. The van der Waals surface area contributed by atoms with Gasteiger partial charge in [-0.05, 0) is 18.4 Å². The zero-order valence-corrected chi connectivity index (χ0v) is 9.10. The van der Waals surface area contributed by atoms with Crippen LogP contribution < -0.4 is 5.73 Å². The van der Waals surface area contributed by atoms with Crippen molar-refractivity contribution in [3.63, 3.8) is 0 Å². The van der Waals surface area contributed by atoms with Crippen molar-refractivity contribution in [3.05, 3.63) is 35.9 Å². The molecular weight excluding hydrogens is 213 g/mol. The van der Waals surface area contributed by atoms with Gasteiger partial charge in [-0.15, -0.1) is 0 Å². The predicted molar refractivity (Wildman–Crippen MR) is 57.4 cm³/mol. The molecule has 0 unspecified atom stereocenters. The van der Waals surface area contributed by atoms with Crippen molar-refractivity contribution in [1.82, 2.24) is 0 Å². The van der Waals surface area contributed by atoms with Gasteiger partial charge in [-0.1, -0.05) is 30.3 Å². The Labute approximate surface area is 88.3 Å². The smallest absolute Gasteiger partial charge is 0.323 e. The fourth-order valence-electron chi connectivity index (χ4n) is 1.98. The Morgan fingerprint density at radius 2 is 1.80 bits per heavy atom. The Morgan fingerprint density at radius 3 is 2.20 bits per heavy atom. The Bertz CT molecular complexity index is 396. The molecule has 82 valence electrons. The van der Waals surface area contributed by atoms with E-state index in [1.54, 1.807) is 0 Å². The second-order valence-corrected chi connectivity index (χ2v) is 5.79. The molecule has 0 aromatic heterocycles. The summed E-state index contributed by atoms with van der Waals surface area (Å²) in [6, 6.07) is 9.36. The Kier molecular flexibility index (Phi) is 2.47. The first kappa shape index (κ1) is 10.8. The maximum Gasteiger partial charge on any atom is 0.343 e. The fraction of sp³-hybridized carbons (Fsp3) is 0.400. The molecule has 1 saturated carbocycles. The number of hydrogen-bond acceptors (Lipinski definition) is 2. The third-order valence-electron chi connectivity index (χ3n) is 3.07. The van der Waals surface area contributed by atoms with Gasteiger partial charge < -0.3 is 15.5 Å². The zero-order chi connectivity index (χ0) is 11.1. The highest BCUT2D eigenvalue weighted by Gasteiger charge is 2.55. The predicted octanol–water partition coefficient (Wildman–Crippen LogP) is 1.18. The summed E-state index contributed by atoms with van der Waals surface area (Å²) in [5.41, 5.74) is 6.09. The molecule has 1 aromatic rings. The van der Waals surface area contributed by atoms with E-state index in [2.05, 4.69) is 0 Å². The lowest BCUT2D eigenvalue weighted by Crippen LogP contribution is -2.34. The number of hydrogen-bond donors (Lipinski definition) is 3. The molecule has 1 aliphatic carbocycles. The minimum Gasteiger partial charge on any atom is -0.323 e. The maximum atomic E-state index is 11.2. The van der Waals surface area contributed by atoms with Gasteiger partial charge in [0.05, 0.1) is 0 Å². The molecular formula is C10H14NO3P. The average molecular weight is 227 g/mol. The monoisotopic (exact) mass is 227 g/mol. The van der Waals surface area contributed by atoms with Crippen LogP contribution in [0.25, 0.3) is 0 Å². The van der Waals surface area contributed by atoms with E-state index in [-0.39, 0.29) is 0 Å². The van der Waals surface area contributed by atoms with Crippen LogP contribution in [0.3, 0.4) is 0 Å². The second kappa shape index (κ2) is 3.42. The van der Waals surface area contributed by atoms with Crippen molar-refractivity contribution in [2.45, 2.75) is 24.0 Å². The van der Waals surface area contributed by atoms with Gasteiger partial charge in [-0.2, -0.15) is 0 Å². The Balaban J connectivity index is 2.33. The van der Waals surface area contributed by atoms with E-state index < -0.39 is 18.8 Å². The van der Waals surface area contributed by atoms with Crippen LogP contribution in [0.4, 0.5) is 0 Å². The minimum atomic E-state index is -4.20. The Hall–Kier alpha value is -0.670. The van der Waals surface area contributed by atoms with Gasteiger partial charge >= 0.3 is 7.60 Å². The topological polar surface area (TPSA) is 83.6 Å². The molecule has 0 saturated heterocycles. The molecule has 4 nitrogen and oxygen atoms in total. The first-order valence-electron chi connectivity index (χ1n) is 4.83. The third-order valence-corrected chi connectivity index (χ3v) is 4.28. The first-order valence-corrected chi connectivity index (χ1v) is 6.51. The standard InChI is InChI=1S/C10H14NO3P/c11-9(15(12,13)14)10(6-7-10)8-4-2-1-3-5-8/h1-5,9H,6-7,11H2,(H2,12,13,14)/t9-/m0/s1. The van der Waals surface area contributed by atoms with E-state index in [9.17, 15) is 4.57 Å². The second-order valence-electron chi connectivity index (χ2n) is 4.06. The Morgan fingerprint density at radius 1 is 1.27 bits per heavy atom. The summed E-state index contributed by atoms with van der Waals surface area (Å²) in [5, 5.41) is 0. The SMILES string of the molecule is N[C@H](C1(c2ccccc2)CC1)P(=O)(O)O. The van der Waals surface area contributed by atoms with E-state index in [0.29, 0.717) is 0 Å². The highest BCUT2D eigenvalue weighted by atomic mass is 31.2. The van der Waals surface area contributed by atoms with Gasteiger partial charge in [-0.25, -0.2) is 0 Å². The van der Waals surface area contributed by atoms with Gasteiger partial charge in [0.25, 0.3) is 0 Å². The van der Waals surface area contributed by atoms with Gasteiger partial charge in [-0.3, -0.25) is 4.57 Å². The van der Waals surface area contributed by atoms with Crippen LogP contribution in [-0.4, -0.2) is 15.6 Å². The van der Waals surface area contributed by atoms with Crippen LogP contribution in [0.2, 0.25) is 0 Å². The molecule has 1 aromatic carbocycles. The van der Waals surface area contributed by atoms with E-state index in [4.69, 9.17) is 15.5 Å². The van der Waals surface area contributed by atoms with Crippen LogP contribution in [0.15, 0.2) is 30.3 Å². The normalized spacial score (nSPS) is 21.0. The highest BCUT2D eigenvalue weighted by Crippen LogP contribution is 2.59. The number of rotatable bonds is 3. The molecule has 5 heteroatoms. The van der Waals surface area contributed by atoms with Crippen molar-refractivity contribution < 1.29 is 14.4 Å². The van der Waals surface area contributed by atoms with E-state index >= 15 is 0 Å². The lowest BCUT2D eigenvalue weighted by Gasteiger charge is -2.24. The number of benzene rings is 1. The van der Waals surface area contributed by atoms with Crippen molar-refractivity contribution in [2.24, 2.45) is 5.73 Å². The van der Waals surface area contributed by atoms with Crippen molar-refractivity contribution in [2.75, 3.05) is 0 Å². The van der Waals surface area contributed by atoms with E-state index in [1.807, 2.05) is 30.3 Å². The molecule has 1 aliphatic rings. The van der Waals surface area contributed by atoms with Crippen LogP contribution in [-0.2, 0) is 9.98 Å². The molecule has 15 heavy (non-hydrogen) atoms. The van der Waals surface area contributed by atoms with E-state index in [0.717, 1.165) is 18.4 Å². The largest absolute Gasteiger partial charge is 0.343 e. The molecule has 0 bridgehead atoms. The lowest BCUT2D eigenvalue weighted by atomic mass is 9.96. The maximum absolute atomic E-state index is 11.2. The third kappa shape index (κ3) is 1.86. The molecule has 2 rings (SSSR count). The molecule has 1 atom stereocenters. The summed E-state index contributed by atoms with van der Waals surface area (Å²) in [7, 11) is -4.20. The quantitative estimate of drug-likeness (QED) is 0.677. The summed E-state index contributed by atoms with van der Waals surface area (Å²) in [6.45, 7) is 0. The van der Waals surface area contributed by atoms with Gasteiger partial charge in [0, 0.05) is 5.41 Å². The van der Waals surface area contributed by atoms with Crippen LogP contribution in [0.1, 0.15) is 18.4 Å². The first-order chi connectivity index (χ1) is 6.97. The molecule has 1 fully saturated rings. The molecule has 0 spiro atoms. The summed E-state index contributed by atoms with van der Waals surface area (Å²) in [4.78, 5) is 18.2. The van der Waals surface area contributed by atoms with Crippen LogP contribution in [0, 0.1) is 0 Å². The molecule has 0 aliphatic heterocycles. The molecule has 0 amide bonds. The summed E-state index contributed by atoms with van der Waals surface area (Å²) >= 11 is 0. The van der Waals surface area contributed by atoms with Crippen molar-refractivity contribution >= 4 is 7.60 Å². The lowest BCUT2D eigenvalue weighted by molar-refractivity contribution is 0.346.